The Balaban J connectivity index is 1.72. The minimum Gasteiger partial charge on any atom is -0.508 e. The molecule has 0 aliphatic heterocycles. The molecule has 0 bridgehead atoms. The average Bonchev–Trinajstić information content (AvgIpc) is 3.81. The minimum atomic E-state index is -1.82. The first-order valence-corrected chi connectivity index (χ1v) is 25.4. The SMILES string of the molecule is CC(C)[C@H](NC(=O)[C@H](CC(=O)O)NC(=O)[C@H](Cc1ccc(O)cc1)NC(=O)[C@H](CCCCN)NC(=O)[C@H](Cc1c[nH]c2ccccc12)NC(=O)[C@H](Cc1ccccc1)NC(=O)[C@H](CCCN)NC(=O)[C@@H](N)CC(=O)O)C(=O)O. The van der Waals surface area contributed by atoms with Crippen molar-refractivity contribution in [2.75, 3.05) is 13.1 Å². The molecule has 1 heterocycles. The number of carbonyl (C=O) groups is 10. The summed E-state index contributed by atoms with van der Waals surface area (Å²) in [6.45, 7) is 3.32. The van der Waals surface area contributed by atoms with Crippen molar-refractivity contribution in [2.24, 2.45) is 23.1 Å². The van der Waals surface area contributed by atoms with Crippen molar-refractivity contribution in [1.29, 1.82) is 0 Å². The molecule has 0 spiro atoms. The molecule has 0 radical (unpaired) electrons. The number of aromatic hydroxyl groups is 1. The number of carbonyl (C=O) groups excluding carboxylic acids is 7. The molecule has 7 amide bonds. The molecule has 0 aliphatic carbocycles. The molecule has 0 unspecified atom stereocenters. The molecule has 4 rings (SSSR count). The first-order chi connectivity index (χ1) is 37.1. The molecule has 25 heteroatoms. The second-order valence-corrected chi connectivity index (χ2v) is 19.1. The molecule has 4 aromatic rings. The number of aromatic nitrogens is 1. The lowest BCUT2D eigenvalue weighted by atomic mass is 10.00. The number of carboxylic acid groups (broad SMARTS) is 3. The average molecular weight is 1090 g/mol. The van der Waals surface area contributed by atoms with Crippen LogP contribution in [0.15, 0.2) is 85.1 Å². The van der Waals surface area contributed by atoms with Gasteiger partial charge in [0.15, 0.2) is 0 Å². The highest BCUT2D eigenvalue weighted by molar-refractivity contribution is 5.99. The molecule has 0 saturated carbocycles. The van der Waals surface area contributed by atoms with Crippen LogP contribution in [0.25, 0.3) is 10.9 Å². The number of carboxylic acids is 3. The molecule has 8 atom stereocenters. The van der Waals surface area contributed by atoms with E-state index in [4.69, 9.17) is 17.2 Å². The summed E-state index contributed by atoms with van der Waals surface area (Å²) in [5.74, 6) is -11.7. The lowest BCUT2D eigenvalue weighted by Crippen LogP contribution is -2.61. The Bertz CT molecular complexity index is 2700. The Kier molecular flexibility index (Phi) is 24.7. The predicted molar refractivity (Wildman–Crippen MR) is 284 cm³/mol. The number of aliphatic carboxylic acids is 3. The zero-order valence-corrected chi connectivity index (χ0v) is 43.4. The van der Waals surface area contributed by atoms with Crippen LogP contribution < -0.4 is 54.4 Å². The van der Waals surface area contributed by atoms with Crippen LogP contribution in [0.2, 0.25) is 0 Å². The predicted octanol–water partition coefficient (Wildman–Crippen LogP) is -0.820. The number of amides is 7. The van der Waals surface area contributed by atoms with Gasteiger partial charge in [0.2, 0.25) is 41.4 Å². The molecule has 3 aromatic carbocycles. The van der Waals surface area contributed by atoms with Crippen molar-refractivity contribution in [2.45, 2.75) is 126 Å². The van der Waals surface area contributed by atoms with Crippen LogP contribution in [0.4, 0.5) is 0 Å². The largest absolute Gasteiger partial charge is 0.508 e. The van der Waals surface area contributed by atoms with Gasteiger partial charge in [-0.2, -0.15) is 0 Å². The van der Waals surface area contributed by atoms with E-state index >= 15 is 0 Å². The maximum Gasteiger partial charge on any atom is 0.326 e. The normalized spacial score (nSPS) is 14.2. The maximum atomic E-state index is 14.8. The number of para-hydroxylation sites is 1. The van der Waals surface area contributed by atoms with Gasteiger partial charge >= 0.3 is 17.9 Å². The van der Waals surface area contributed by atoms with Crippen molar-refractivity contribution in [3.63, 3.8) is 0 Å². The van der Waals surface area contributed by atoms with E-state index in [1.165, 1.54) is 38.1 Å². The molecular formula is C53H71N11O14. The number of unbranched alkanes of at least 4 members (excludes halogenated alkanes) is 1. The van der Waals surface area contributed by atoms with E-state index < -0.39 is 126 Å². The smallest absolute Gasteiger partial charge is 0.326 e. The van der Waals surface area contributed by atoms with Crippen molar-refractivity contribution in [1.82, 2.24) is 42.2 Å². The third-order valence-electron chi connectivity index (χ3n) is 12.5. The van der Waals surface area contributed by atoms with Gasteiger partial charge in [-0.05, 0) is 86.0 Å². The Morgan fingerprint density at radius 1 is 0.500 bits per heavy atom. The number of hydrogen-bond acceptors (Lipinski definition) is 14. The molecule has 25 nitrogen and oxygen atoms in total. The Morgan fingerprint density at radius 2 is 0.949 bits per heavy atom. The lowest BCUT2D eigenvalue weighted by molar-refractivity contribution is -0.144. The fraction of sp³-hybridized carbons (Fsp3) is 0.434. The number of nitrogens with one attached hydrogen (secondary N) is 8. The van der Waals surface area contributed by atoms with E-state index in [2.05, 4.69) is 42.2 Å². The van der Waals surface area contributed by atoms with E-state index in [-0.39, 0.29) is 63.8 Å². The summed E-state index contributed by atoms with van der Waals surface area (Å²) in [6.07, 6.45) is 0.112. The lowest BCUT2D eigenvalue weighted by Gasteiger charge is -2.28. The summed E-state index contributed by atoms with van der Waals surface area (Å²) < 4.78 is 0. The second-order valence-electron chi connectivity index (χ2n) is 19.1. The van der Waals surface area contributed by atoms with Gasteiger partial charge in [-0.25, -0.2) is 4.79 Å². The Morgan fingerprint density at radius 3 is 1.47 bits per heavy atom. The first kappa shape index (κ1) is 62.1. The summed E-state index contributed by atoms with van der Waals surface area (Å²) in [6, 6.07) is 9.18. The molecular weight excluding hydrogens is 1010 g/mol. The van der Waals surface area contributed by atoms with Crippen LogP contribution in [-0.2, 0) is 67.2 Å². The minimum absolute atomic E-state index is 0.0199. The second kappa shape index (κ2) is 31.0. The van der Waals surface area contributed by atoms with Crippen LogP contribution >= 0.6 is 0 Å². The monoisotopic (exact) mass is 1090 g/mol. The highest BCUT2D eigenvalue weighted by atomic mass is 16.4. The maximum absolute atomic E-state index is 14.8. The molecule has 1 aromatic heterocycles. The van der Waals surface area contributed by atoms with Crippen LogP contribution in [0.1, 0.15) is 75.5 Å². The van der Waals surface area contributed by atoms with E-state index in [0.717, 1.165) is 0 Å². The van der Waals surface area contributed by atoms with Gasteiger partial charge in [0.05, 0.1) is 18.9 Å². The number of rotatable bonds is 33. The van der Waals surface area contributed by atoms with Crippen molar-refractivity contribution >= 4 is 70.2 Å². The van der Waals surface area contributed by atoms with Crippen LogP contribution in [0, 0.1) is 5.92 Å². The quantitative estimate of drug-likeness (QED) is 0.0259. The van der Waals surface area contributed by atoms with E-state index in [0.29, 0.717) is 34.0 Å². The number of H-pyrrole nitrogens is 1. The first-order valence-electron chi connectivity index (χ1n) is 25.4. The van der Waals surface area contributed by atoms with Gasteiger partial charge in [0.25, 0.3) is 0 Å². The fourth-order valence-corrected chi connectivity index (χ4v) is 8.29. The van der Waals surface area contributed by atoms with E-state index in [9.17, 15) is 68.4 Å². The Labute approximate surface area is 449 Å². The zero-order chi connectivity index (χ0) is 57.5. The van der Waals surface area contributed by atoms with Crippen LogP contribution in [0.3, 0.4) is 0 Å². The van der Waals surface area contributed by atoms with Crippen molar-refractivity contribution < 1.29 is 68.4 Å². The number of fused-ring (bicyclic) bond motifs is 1. The van der Waals surface area contributed by atoms with Gasteiger partial charge < -0.3 is 79.8 Å². The molecule has 18 N–H and O–H groups in total. The molecule has 0 fully saturated rings. The molecule has 0 saturated heterocycles. The number of phenolic OH excluding ortho intramolecular Hbond substituents is 1. The highest BCUT2D eigenvalue weighted by Gasteiger charge is 2.36. The van der Waals surface area contributed by atoms with Gasteiger partial charge in [-0.1, -0.05) is 74.5 Å². The molecule has 78 heavy (non-hydrogen) atoms. The third kappa shape index (κ3) is 19.9. The van der Waals surface area contributed by atoms with Gasteiger partial charge in [0, 0.05) is 36.4 Å². The summed E-state index contributed by atoms with van der Waals surface area (Å²) in [5, 5.41) is 57.1. The number of nitrogens with two attached hydrogens (primary N) is 3. The van der Waals surface area contributed by atoms with Crippen LogP contribution in [0.5, 0.6) is 5.75 Å². The van der Waals surface area contributed by atoms with Crippen molar-refractivity contribution in [3.05, 3.63) is 102 Å². The summed E-state index contributed by atoms with van der Waals surface area (Å²) in [5.41, 5.74) is 19.6. The highest BCUT2D eigenvalue weighted by Crippen LogP contribution is 2.20. The fourth-order valence-electron chi connectivity index (χ4n) is 8.29. The van der Waals surface area contributed by atoms with Gasteiger partial charge in [-0.3, -0.25) is 43.2 Å². The van der Waals surface area contributed by atoms with E-state index in [1.807, 2.05) is 0 Å². The van der Waals surface area contributed by atoms with Crippen molar-refractivity contribution in [3.8, 4) is 5.75 Å². The standard InChI is InChI=1S/C53H71N11O14/c1-29(2)45(53(77)78)64-52(76)42(27-44(68)69)63-50(74)40(24-31-17-19-33(65)20-18-31)61-47(71)37(15-8-9-21-54)59-51(75)41(25-32-28-57-36-14-7-6-13-34(32)36)62-49(73)39(23-30-11-4-3-5-12-30)60-48(72)38(16-10-22-55)58-46(70)35(56)26-43(66)67/h3-7,11-14,17-20,28-29,35,37-42,45,57,65H,8-10,15-16,21-27,54-56H2,1-2H3,(H,58,70)(H,59,75)(H,60,72)(H,61,71)(H,62,73)(H,63,74)(H,64,76)(H,66,67)(H,68,69)(H,77,78)/t35-,37-,38-,39-,40-,41-,42-,45-/m0/s1. The number of hydrogen-bond donors (Lipinski definition) is 15. The number of phenols is 1. The van der Waals surface area contributed by atoms with Gasteiger partial charge in [0.1, 0.15) is 48.0 Å². The number of aromatic amines is 1. The number of benzene rings is 3. The molecule has 0 aliphatic rings. The third-order valence-corrected chi connectivity index (χ3v) is 12.5. The van der Waals surface area contributed by atoms with Gasteiger partial charge in [-0.15, -0.1) is 0 Å². The summed E-state index contributed by atoms with van der Waals surface area (Å²) in [7, 11) is 0. The van der Waals surface area contributed by atoms with Crippen LogP contribution in [-0.4, -0.2) is 146 Å². The molecule has 422 valence electrons. The Hall–Kier alpha value is -8.42. The topological polar surface area (TPSA) is 430 Å². The summed E-state index contributed by atoms with van der Waals surface area (Å²) >= 11 is 0. The zero-order valence-electron chi connectivity index (χ0n) is 43.4. The van der Waals surface area contributed by atoms with E-state index in [1.54, 1.807) is 60.8 Å². The summed E-state index contributed by atoms with van der Waals surface area (Å²) in [4.78, 5) is 137.